The van der Waals surface area contributed by atoms with Crippen LogP contribution >= 0.6 is 0 Å². The minimum atomic E-state index is -4.72. The molecular formula is C20H21F3N2O4. The first-order chi connectivity index (χ1) is 13.7. The van der Waals surface area contributed by atoms with Gasteiger partial charge in [0.25, 0.3) is 5.91 Å². The standard InChI is InChI=1S/C20H21F3N2O4/c1-2-17(28-19(24)27)18(26)25-12-11-13-3-5-14(6-4-13)15-7-9-16(10-8-15)29-20(21,22)23/h3-10,17H,2,11-12H2,1H3,(H2,24,27)(H,25,26)/t17-/m0/s1. The van der Waals surface area contributed by atoms with Crippen LogP contribution in [0.5, 0.6) is 5.75 Å². The molecule has 0 unspecified atom stereocenters. The quantitative estimate of drug-likeness (QED) is 0.693. The van der Waals surface area contributed by atoms with Crippen molar-refractivity contribution in [2.45, 2.75) is 32.2 Å². The van der Waals surface area contributed by atoms with Gasteiger partial charge in [-0.25, -0.2) is 4.79 Å². The molecule has 3 N–H and O–H groups in total. The van der Waals surface area contributed by atoms with E-state index in [-0.39, 0.29) is 5.75 Å². The average Bonchev–Trinajstić information content (AvgIpc) is 2.66. The Balaban J connectivity index is 1.88. The summed E-state index contributed by atoms with van der Waals surface area (Å²) in [4.78, 5) is 22.7. The summed E-state index contributed by atoms with van der Waals surface area (Å²) in [5.41, 5.74) is 7.45. The molecule has 1 atom stereocenters. The van der Waals surface area contributed by atoms with Crippen molar-refractivity contribution in [3.8, 4) is 16.9 Å². The minimum absolute atomic E-state index is 0.278. The third-order valence-electron chi connectivity index (χ3n) is 4.01. The fourth-order valence-electron chi connectivity index (χ4n) is 2.62. The van der Waals surface area contributed by atoms with Crippen LogP contribution in [0.4, 0.5) is 18.0 Å². The largest absolute Gasteiger partial charge is 0.573 e. The molecule has 0 spiro atoms. The van der Waals surface area contributed by atoms with E-state index >= 15 is 0 Å². The molecule has 0 aliphatic rings. The van der Waals surface area contributed by atoms with E-state index in [1.165, 1.54) is 12.1 Å². The van der Waals surface area contributed by atoms with Gasteiger partial charge in [0.1, 0.15) is 5.75 Å². The summed E-state index contributed by atoms with van der Waals surface area (Å²) < 4.78 is 45.2. The second-order valence-corrected chi connectivity index (χ2v) is 6.14. The number of primary amides is 1. The zero-order valence-electron chi connectivity index (χ0n) is 15.7. The van der Waals surface area contributed by atoms with Crippen LogP contribution in [0.3, 0.4) is 0 Å². The Morgan fingerprint density at radius 2 is 1.59 bits per heavy atom. The summed E-state index contributed by atoms with van der Waals surface area (Å²) in [6.45, 7) is 2.05. The third-order valence-corrected chi connectivity index (χ3v) is 4.01. The highest BCUT2D eigenvalue weighted by Gasteiger charge is 2.30. The molecule has 2 aromatic carbocycles. The predicted octanol–water partition coefficient (Wildman–Crippen LogP) is 3.78. The Morgan fingerprint density at radius 3 is 2.07 bits per heavy atom. The maximum absolute atomic E-state index is 12.2. The highest BCUT2D eigenvalue weighted by molar-refractivity contribution is 5.83. The summed E-state index contributed by atoms with van der Waals surface area (Å²) in [6, 6.07) is 13.0. The predicted molar refractivity (Wildman–Crippen MR) is 100 cm³/mol. The molecular weight excluding hydrogens is 389 g/mol. The van der Waals surface area contributed by atoms with Gasteiger partial charge >= 0.3 is 12.5 Å². The SMILES string of the molecule is CC[C@H](OC(N)=O)C(=O)NCCc1ccc(-c2ccc(OC(F)(F)F)cc2)cc1. The maximum atomic E-state index is 12.2. The number of benzene rings is 2. The number of carbonyl (C=O) groups excluding carboxylic acids is 2. The van der Waals surface area contributed by atoms with Crippen LogP contribution in [-0.4, -0.2) is 31.0 Å². The molecule has 6 nitrogen and oxygen atoms in total. The van der Waals surface area contributed by atoms with Gasteiger partial charge < -0.3 is 20.5 Å². The van der Waals surface area contributed by atoms with Gasteiger partial charge in [0.2, 0.25) is 0 Å². The molecule has 156 valence electrons. The van der Waals surface area contributed by atoms with Gasteiger partial charge in [-0.2, -0.15) is 0 Å². The van der Waals surface area contributed by atoms with E-state index in [1.54, 1.807) is 19.1 Å². The summed E-state index contributed by atoms with van der Waals surface area (Å²) in [5, 5.41) is 2.68. The summed E-state index contributed by atoms with van der Waals surface area (Å²) in [5.74, 6) is -0.691. The first-order valence-electron chi connectivity index (χ1n) is 8.87. The number of hydrogen-bond donors (Lipinski definition) is 2. The van der Waals surface area contributed by atoms with Crippen molar-refractivity contribution in [2.24, 2.45) is 5.73 Å². The van der Waals surface area contributed by atoms with Gasteiger partial charge in [-0.05, 0) is 41.7 Å². The molecule has 0 bridgehead atoms. The molecule has 0 radical (unpaired) electrons. The monoisotopic (exact) mass is 410 g/mol. The topological polar surface area (TPSA) is 90.7 Å². The normalized spacial score (nSPS) is 12.1. The lowest BCUT2D eigenvalue weighted by Crippen LogP contribution is -2.39. The highest BCUT2D eigenvalue weighted by Crippen LogP contribution is 2.26. The van der Waals surface area contributed by atoms with Gasteiger partial charge in [-0.1, -0.05) is 43.3 Å². The molecule has 2 amide bonds. The van der Waals surface area contributed by atoms with Crippen molar-refractivity contribution in [1.82, 2.24) is 5.32 Å². The first kappa shape index (κ1) is 22.1. The van der Waals surface area contributed by atoms with Crippen LogP contribution in [0.15, 0.2) is 48.5 Å². The molecule has 0 aliphatic heterocycles. The molecule has 9 heteroatoms. The number of amides is 2. The lowest BCUT2D eigenvalue weighted by Gasteiger charge is -2.14. The van der Waals surface area contributed by atoms with Gasteiger partial charge in [-0.3, -0.25) is 4.79 Å². The van der Waals surface area contributed by atoms with Gasteiger partial charge in [0.15, 0.2) is 6.10 Å². The lowest BCUT2D eigenvalue weighted by atomic mass is 10.0. The first-order valence-corrected chi connectivity index (χ1v) is 8.87. The summed E-state index contributed by atoms with van der Waals surface area (Å²) >= 11 is 0. The van der Waals surface area contributed by atoms with Gasteiger partial charge in [0.05, 0.1) is 0 Å². The van der Waals surface area contributed by atoms with Gasteiger partial charge in [0, 0.05) is 6.54 Å². The van der Waals surface area contributed by atoms with E-state index in [0.29, 0.717) is 19.4 Å². The summed E-state index contributed by atoms with van der Waals surface area (Å²) in [6.07, 6.45) is -5.77. The van der Waals surface area contributed by atoms with E-state index in [2.05, 4.69) is 10.1 Å². The highest BCUT2D eigenvalue weighted by atomic mass is 19.4. The number of ether oxygens (including phenoxy) is 2. The van der Waals surface area contributed by atoms with E-state index < -0.39 is 24.5 Å². The fourth-order valence-corrected chi connectivity index (χ4v) is 2.62. The molecule has 0 aliphatic carbocycles. The van der Waals surface area contributed by atoms with Crippen LogP contribution in [-0.2, 0) is 16.0 Å². The lowest BCUT2D eigenvalue weighted by molar-refractivity contribution is -0.274. The summed E-state index contributed by atoms with van der Waals surface area (Å²) in [7, 11) is 0. The molecule has 0 saturated carbocycles. The third kappa shape index (κ3) is 7.36. The van der Waals surface area contributed by atoms with Crippen LogP contribution in [0.1, 0.15) is 18.9 Å². The number of hydrogen-bond acceptors (Lipinski definition) is 4. The van der Waals surface area contributed by atoms with Crippen molar-refractivity contribution in [2.75, 3.05) is 6.54 Å². The Labute approximate surface area is 165 Å². The maximum Gasteiger partial charge on any atom is 0.573 e. The number of alkyl halides is 3. The van der Waals surface area contributed by atoms with Crippen LogP contribution in [0.2, 0.25) is 0 Å². The van der Waals surface area contributed by atoms with Crippen LogP contribution in [0.25, 0.3) is 11.1 Å². The zero-order chi connectivity index (χ0) is 21.4. The Hall–Kier alpha value is -3.23. The molecule has 2 rings (SSSR count). The number of nitrogens with one attached hydrogen (secondary N) is 1. The van der Waals surface area contributed by atoms with Crippen molar-refractivity contribution < 1.29 is 32.2 Å². The van der Waals surface area contributed by atoms with Crippen LogP contribution in [0, 0.1) is 0 Å². The number of nitrogens with two attached hydrogens (primary N) is 1. The number of halogens is 3. The van der Waals surface area contributed by atoms with Crippen molar-refractivity contribution >= 4 is 12.0 Å². The molecule has 0 aromatic heterocycles. The van der Waals surface area contributed by atoms with E-state index in [4.69, 9.17) is 10.5 Å². The smallest absolute Gasteiger partial charge is 0.436 e. The molecule has 0 fully saturated rings. The van der Waals surface area contributed by atoms with Crippen LogP contribution < -0.4 is 15.8 Å². The minimum Gasteiger partial charge on any atom is -0.436 e. The average molecular weight is 410 g/mol. The number of rotatable bonds is 8. The van der Waals surface area contributed by atoms with Crippen molar-refractivity contribution in [1.29, 1.82) is 0 Å². The molecule has 29 heavy (non-hydrogen) atoms. The zero-order valence-corrected chi connectivity index (χ0v) is 15.7. The fraction of sp³-hybridized carbons (Fsp3) is 0.300. The Morgan fingerprint density at radius 1 is 1.03 bits per heavy atom. The second-order valence-electron chi connectivity index (χ2n) is 6.14. The Kier molecular flexibility index (Phi) is 7.46. The van der Waals surface area contributed by atoms with Crippen molar-refractivity contribution in [3.63, 3.8) is 0 Å². The van der Waals surface area contributed by atoms with E-state index in [9.17, 15) is 22.8 Å². The second kappa shape index (κ2) is 9.81. The molecule has 2 aromatic rings. The molecule has 0 saturated heterocycles. The number of carbonyl (C=O) groups is 2. The molecule has 0 heterocycles. The van der Waals surface area contributed by atoms with E-state index in [0.717, 1.165) is 16.7 Å². The van der Waals surface area contributed by atoms with Gasteiger partial charge in [-0.15, -0.1) is 13.2 Å². The Bertz CT molecular complexity index is 821. The van der Waals surface area contributed by atoms with E-state index in [1.807, 2.05) is 24.3 Å². The van der Waals surface area contributed by atoms with Crippen molar-refractivity contribution in [3.05, 3.63) is 54.1 Å².